The Labute approximate surface area is 127 Å². The Morgan fingerprint density at radius 3 is 2.95 bits per heavy atom. The predicted octanol–water partition coefficient (Wildman–Crippen LogP) is 2.57. The van der Waals surface area contributed by atoms with Gasteiger partial charge in [0.15, 0.2) is 6.33 Å². The molecule has 0 bridgehead atoms. The molecule has 5 nitrogen and oxygen atoms in total. The van der Waals surface area contributed by atoms with Gasteiger partial charge in [0, 0.05) is 6.54 Å². The number of nitrogens with one attached hydrogen (secondary N) is 1. The number of nitrogens with zero attached hydrogens (tertiary/aromatic N) is 4. The second kappa shape index (κ2) is 6.08. The standard InChI is InChI=1S/C13H15Cl2N5/c14-11-5-1-4-10(12(11)15)13(20-18-8-17-19-20)9-3-2-6-16-7-9/h1,4-5,8-9,13,16H,2-3,6-7H2/t9?,13-/m0/s1. The molecule has 3 rings (SSSR count). The molecule has 1 aromatic carbocycles. The van der Waals surface area contributed by atoms with Crippen molar-refractivity contribution in [2.75, 3.05) is 13.1 Å². The molecule has 0 saturated carbocycles. The van der Waals surface area contributed by atoms with Crippen molar-refractivity contribution in [2.24, 2.45) is 5.92 Å². The van der Waals surface area contributed by atoms with Gasteiger partial charge in [0.2, 0.25) is 0 Å². The number of halogens is 2. The molecule has 106 valence electrons. The Morgan fingerprint density at radius 1 is 1.35 bits per heavy atom. The number of aromatic nitrogens is 4. The molecular weight excluding hydrogens is 297 g/mol. The number of hydrogen-bond donors (Lipinski definition) is 1. The maximum atomic E-state index is 6.38. The normalized spacial score (nSPS) is 20.8. The summed E-state index contributed by atoms with van der Waals surface area (Å²) < 4.78 is 0. The van der Waals surface area contributed by atoms with Gasteiger partial charge in [-0.2, -0.15) is 4.80 Å². The quantitative estimate of drug-likeness (QED) is 0.946. The zero-order valence-corrected chi connectivity index (χ0v) is 12.3. The van der Waals surface area contributed by atoms with Crippen molar-refractivity contribution < 1.29 is 0 Å². The minimum absolute atomic E-state index is 0.0449. The first-order valence-corrected chi connectivity index (χ1v) is 7.40. The van der Waals surface area contributed by atoms with Gasteiger partial charge in [0.05, 0.1) is 10.0 Å². The topological polar surface area (TPSA) is 55.6 Å². The van der Waals surface area contributed by atoms with E-state index in [1.54, 1.807) is 10.9 Å². The van der Waals surface area contributed by atoms with Crippen LogP contribution in [0.5, 0.6) is 0 Å². The average molecular weight is 312 g/mol. The smallest absolute Gasteiger partial charge is 0.162 e. The van der Waals surface area contributed by atoms with Gasteiger partial charge >= 0.3 is 0 Å². The maximum absolute atomic E-state index is 6.38. The first-order chi connectivity index (χ1) is 9.77. The van der Waals surface area contributed by atoms with Crippen LogP contribution in [0.4, 0.5) is 0 Å². The largest absolute Gasteiger partial charge is 0.316 e. The molecule has 7 heteroatoms. The van der Waals surface area contributed by atoms with Crippen LogP contribution in [0.15, 0.2) is 24.5 Å². The van der Waals surface area contributed by atoms with Crippen LogP contribution in [0.2, 0.25) is 10.0 Å². The highest BCUT2D eigenvalue weighted by molar-refractivity contribution is 6.42. The molecule has 0 aliphatic carbocycles. The van der Waals surface area contributed by atoms with Crippen LogP contribution in [-0.2, 0) is 0 Å². The van der Waals surface area contributed by atoms with Crippen molar-refractivity contribution >= 4 is 23.2 Å². The second-order valence-electron chi connectivity index (χ2n) is 4.95. The third kappa shape index (κ3) is 2.66. The molecule has 1 saturated heterocycles. The lowest BCUT2D eigenvalue weighted by Crippen LogP contribution is -2.36. The van der Waals surface area contributed by atoms with Gasteiger partial charge in [-0.05, 0) is 42.1 Å². The highest BCUT2D eigenvalue weighted by Crippen LogP contribution is 2.36. The summed E-state index contributed by atoms with van der Waals surface area (Å²) >= 11 is 12.5. The lowest BCUT2D eigenvalue weighted by Gasteiger charge is -2.30. The van der Waals surface area contributed by atoms with Crippen molar-refractivity contribution in [1.82, 2.24) is 25.5 Å². The summed E-state index contributed by atoms with van der Waals surface area (Å²) in [6.45, 7) is 1.96. The van der Waals surface area contributed by atoms with Gasteiger partial charge in [0.25, 0.3) is 0 Å². The zero-order valence-electron chi connectivity index (χ0n) is 10.8. The van der Waals surface area contributed by atoms with Gasteiger partial charge in [-0.15, -0.1) is 10.2 Å². The number of benzene rings is 1. The average Bonchev–Trinajstić information content (AvgIpc) is 2.99. The minimum Gasteiger partial charge on any atom is -0.316 e. The van der Waals surface area contributed by atoms with Gasteiger partial charge in [-0.25, -0.2) is 0 Å². The molecule has 1 aromatic heterocycles. The molecule has 1 fully saturated rings. The Morgan fingerprint density at radius 2 is 2.25 bits per heavy atom. The van der Waals surface area contributed by atoms with Crippen molar-refractivity contribution in [1.29, 1.82) is 0 Å². The Hall–Kier alpha value is -1.17. The fourth-order valence-electron chi connectivity index (χ4n) is 2.77. The molecule has 2 heterocycles. The Kier molecular flexibility index (Phi) is 4.19. The van der Waals surface area contributed by atoms with E-state index >= 15 is 0 Å². The van der Waals surface area contributed by atoms with E-state index in [2.05, 4.69) is 20.7 Å². The van der Waals surface area contributed by atoms with Gasteiger partial charge < -0.3 is 5.32 Å². The molecular formula is C13H15Cl2N5. The van der Waals surface area contributed by atoms with E-state index in [0.717, 1.165) is 31.5 Å². The lowest BCUT2D eigenvalue weighted by atomic mass is 9.87. The number of piperidine rings is 1. The highest BCUT2D eigenvalue weighted by atomic mass is 35.5. The zero-order chi connectivity index (χ0) is 13.9. The molecule has 1 aliphatic rings. The van der Waals surface area contributed by atoms with E-state index < -0.39 is 0 Å². The first-order valence-electron chi connectivity index (χ1n) is 6.64. The molecule has 1 N–H and O–H groups in total. The van der Waals surface area contributed by atoms with Crippen LogP contribution in [0.1, 0.15) is 24.4 Å². The molecule has 0 radical (unpaired) electrons. The van der Waals surface area contributed by atoms with Gasteiger partial charge in [-0.1, -0.05) is 35.3 Å². The Bertz CT molecular complexity index is 566. The molecule has 2 atom stereocenters. The number of rotatable bonds is 3. The summed E-state index contributed by atoms with van der Waals surface area (Å²) in [5.74, 6) is 0.369. The van der Waals surface area contributed by atoms with Gasteiger partial charge in [-0.3, -0.25) is 0 Å². The van der Waals surface area contributed by atoms with Crippen molar-refractivity contribution in [3.8, 4) is 0 Å². The minimum atomic E-state index is -0.0449. The SMILES string of the molecule is Clc1cccc([C@H](C2CCCNC2)n2ncnn2)c1Cl. The van der Waals surface area contributed by atoms with E-state index in [-0.39, 0.29) is 6.04 Å². The van der Waals surface area contributed by atoms with Crippen LogP contribution < -0.4 is 5.32 Å². The van der Waals surface area contributed by atoms with Crippen LogP contribution in [0.3, 0.4) is 0 Å². The van der Waals surface area contributed by atoms with Crippen LogP contribution >= 0.6 is 23.2 Å². The molecule has 0 spiro atoms. The Balaban J connectivity index is 2.03. The van der Waals surface area contributed by atoms with E-state index in [9.17, 15) is 0 Å². The predicted molar refractivity (Wildman–Crippen MR) is 78.0 cm³/mol. The summed E-state index contributed by atoms with van der Waals surface area (Å²) in [7, 11) is 0. The van der Waals surface area contributed by atoms with E-state index in [1.807, 2.05) is 12.1 Å². The summed E-state index contributed by atoms with van der Waals surface area (Å²) in [4.78, 5) is 1.63. The fraction of sp³-hybridized carbons (Fsp3) is 0.462. The van der Waals surface area contributed by atoms with E-state index in [1.165, 1.54) is 6.33 Å². The summed E-state index contributed by atoms with van der Waals surface area (Å²) in [6, 6.07) is 5.63. The molecule has 1 unspecified atom stereocenters. The third-order valence-electron chi connectivity index (χ3n) is 3.70. The lowest BCUT2D eigenvalue weighted by molar-refractivity contribution is 0.261. The highest BCUT2D eigenvalue weighted by Gasteiger charge is 2.30. The fourth-order valence-corrected chi connectivity index (χ4v) is 3.19. The third-order valence-corrected chi connectivity index (χ3v) is 4.53. The molecule has 1 aliphatic heterocycles. The first kappa shape index (κ1) is 13.8. The number of tetrazole rings is 1. The summed E-state index contributed by atoms with van der Waals surface area (Å²) in [5.41, 5.74) is 0.950. The van der Waals surface area contributed by atoms with Crippen LogP contribution in [0.25, 0.3) is 0 Å². The van der Waals surface area contributed by atoms with Crippen LogP contribution in [-0.4, -0.2) is 33.3 Å². The monoisotopic (exact) mass is 311 g/mol. The molecule has 20 heavy (non-hydrogen) atoms. The van der Waals surface area contributed by atoms with Crippen molar-refractivity contribution in [2.45, 2.75) is 18.9 Å². The summed E-state index contributed by atoms with van der Waals surface area (Å²) in [5, 5.41) is 16.6. The van der Waals surface area contributed by atoms with E-state index in [4.69, 9.17) is 23.2 Å². The molecule has 0 amide bonds. The number of hydrogen-bond acceptors (Lipinski definition) is 4. The summed E-state index contributed by atoms with van der Waals surface area (Å²) in [6.07, 6.45) is 3.68. The van der Waals surface area contributed by atoms with Crippen LogP contribution in [0, 0.1) is 5.92 Å². The van der Waals surface area contributed by atoms with E-state index in [0.29, 0.717) is 16.0 Å². The second-order valence-corrected chi connectivity index (χ2v) is 5.74. The van der Waals surface area contributed by atoms with Crippen molar-refractivity contribution in [3.05, 3.63) is 40.1 Å². The maximum Gasteiger partial charge on any atom is 0.162 e. The van der Waals surface area contributed by atoms with Gasteiger partial charge in [0.1, 0.15) is 6.04 Å². The van der Waals surface area contributed by atoms with Crippen molar-refractivity contribution in [3.63, 3.8) is 0 Å². The molecule has 2 aromatic rings.